The van der Waals surface area contributed by atoms with E-state index >= 15 is 0 Å². The van der Waals surface area contributed by atoms with Crippen LogP contribution in [-0.2, 0) is 0 Å². The summed E-state index contributed by atoms with van der Waals surface area (Å²) in [4.78, 5) is 8.16. The van der Waals surface area contributed by atoms with Gasteiger partial charge in [0.1, 0.15) is 18.0 Å². The third-order valence-electron chi connectivity index (χ3n) is 2.94. The van der Waals surface area contributed by atoms with Crippen LogP contribution in [0, 0.1) is 6.92 Å². The van der Waals surface area contributed by atoms with Crippen LogP contribution in [0.2, 0.25) is 0 Å². The molecule has 2 aromatic rings. The Balaban J connectivity index is 2.28. The van der Waals surface area contributed by atoms with Crippen LogP contribution in [0.3, 0.4) is 0 Å². The van der Waals surface area contributed by atoms with Crippen LogP contribution >= 0.6 is 0 Å². The van der Waals surface area contributed by atoms with E-state index in [9.17, 15) is 0 Å². The number of nitrogens with zero attached hydrogens (tertiary/aromatic N) is 2. The highest BCUT2D eigenvalue weighted by molar-refractivity contribution is 5.63. The molecule has 4 nitrogen and oxygen atoms in total. The van der Waals surface area contributed by atoms with Gasteiger partial charge in [-0.2, -0.15) is 0 Å². The zero-order valence-electron chi connectivity index (χ0n) is 10.9. The van der Waals surface area contributed by atoms with Gasteiger partial charge in [0.15, 0.2) is 0 Å². The van der Waals surface area contributed by atoms with Crippen molar-refractivity contribution in [1.82, 2.24) is 9.97 Å². The van der Waals surface area contributed by atoms with Gasteiger partial charge in [0, 0.05) is 11.3 Å². The van der Waals surface area contributed by atoms with Crippen LogP contribution in [0.25, 0.3) is 0 Å². The largest absolute Gasteiger partial charge is 0.383 e. The van der Waals surface area contributed by atoms with E-state index in [0.29, 0.717) is 11.7 Å². The predicted molar refractivity (Wildman–Crippen MR) is 75.0 cm³/mol. The Labute approximate surface area is 107 Å². The van der Waals surface area contributed by atoms with Crippen LogP contribution in [0.4, 0.5) is 17.3 Å². The molecule has 0 aliphatic rings. The third-order valence-corrected chi connectivity index (χ3v) is 2.94. The molecule has 0 saturated carbocycles. The van der Waals surface area contributed by atoms with Crippen molar-refractivity contribution in [3.63, 3.8) is 0 Å². The van der Waals surface area contributed by atoms with Crippen molar-refractivity contribution in [2.45, 2.75) is 26.7 Å². The molecule has 0 fully saturated rings. The van der Waals surface area contributed by atoms with Gasteiger partial charge in [-0.1, -0.05) is 26.0 Å². The van der Waals surface area contributed by atoms with E-state index in [2.05, 4.69) is 41.3 Å². The number of rotatable bonds is 3. The molecule has 0 unspecified atom stereocenters. The third kappa shape index (κ3) is 2.59. The molecule has 1 heterocycles. The molecule has 18 heavy (non-hydrogen) atoms. The second-order valence-electron chi connectivity index (χ2n) is 4.64. The van der Waals surface area contributed by atoms with Crippen molar-refractivity contribution >= 4 is 17.3 Å². The minimum Gasteiger partial charge on any atom is -0.383 e. The Bertz CT molecular complexity index is 549. The minimum absolute atomic E-state index is 0.503. The zero-order valence-corrected chi connectivity index (χ0v) is 10.9. The van der Waals surface area contributed by atoms with Gasteiger partial charge in [-0.05, 0) is 30.5 Å². The number of nitrogens with two attached hydrogens (primary N) is 1. The average Bonchev–Trinajstić information content (AvgIpc) is 2.35. The molecule has 0 atom stereocenters. The van der Waals surface area contributed by atoms with Gasteiger partial charge in [0.05, 0.1) is 0 Å². The van der Waals surface area contributed by atoms with Gasteiger partial charge in [-0.15, -0.1) is 0 Å². The van der Waals surface area contributed by atoms with Crippen molar-refractivity contribution in [3.8, 4) is 0 Å². The topological polar surface area (TPSA) is 63.8 Å². The molecule has 0 aliphatic heterocycles. The van der Waals surface area contributed by atoms with Crippen molar-refractivity contribution in [1.29, 1.82) is 0 Å². The number of anilines is 3. The fraction of sp³-hybridized carbons (Fsp3) is 0.286. The molecule has 0 aliphatic carbocycles. The Morgan fingerprint density at radius 3 is 2.72 bits per heavy atom. The van der Waals surface area contributed by atoms with E-state index in [1.807, 2.05) is 19.1 Å². The fourth-order valence-corrected chi connectivity index (χ4v) is 1.70. The number of hydrogen-bond acceptors (Lipinski definition) is 4. The van der Waals surface area contributed by atoms with E-state index < -0.39 is 0 Å². The molecular weight excluding hydrogens is 224 g/mol. The summed E-state index contributed by atoms with van der Waals surface area (Å²) in [7, 11) is 0. The quantitative estimate of drug-likeness (QED) is 0.867. The molecule has 94 valence electrons. The fourth-order valence-electron chi connectivity index (χ4n) is 1.70. The lowest BCUT2D eigenvalue weighted by Gasteiger charge is -2.11. The SMILES string of the molecule is Cc1c(N)ncnc1Nc1cccc(C(C)C)c1. The van der Waals surface area contributed by atoms with Gasteiger partial charge in [-0.25, -0.2) is 9.97 Å². The molecule has 2 rings (SSSR count). The van der Waals surface area contributed by atoms with Crippen molar-refractivity contribution in [3.05, 3.63) is 41.7 Å². The summed E-state index contributed by atoms with van der Waals surface area (Å²) in [5.41, 5.74) is 8.94. The first-order valence-electron chi connectivity index (χ1n) is 6.02. The number of aromatic nitrogens is 2. The van der Waals surface area contributed by atoms with Gasteiger partial charge >= 0.3 is 0 Å². The lowest BCUT2D eigenvalue weighted by molar-refractivity contribution is 0.867. The summed E-state index contributed by atoms with van der Waals surface area (Å²) >= 11 is 0. The highest BCUT2D eigenvalue weighted by Gasteiger charge is 2.05. The lowest BCUT2D eigenvalue weighted by Crippen LogP contribution is -2.02. The Morgan fingerprint density at radius 1 is 1.22 bits per heavy atom. The Morgan fingerprint density at radius 2 is 2.00 bits per heavy atom. The maximum Gasteiger partial charge on any atom is 0.138 e. The molecule has 1 aromatic heterocycles. The van der Waals surface area contributed by atoms with Crippen LogP contribution in [0.5, 0.6) is 0 Å². The van der Waals surface area contributed by atoms with E-state index in [1.54, 1.807) is 0 Å². The van der Waals surface area contributed by atoms with Gasteiger partial charge < -0.3 is 11.1 Å². The van der Waals surface area contributed by atoms with E-state index in [1.165, 1.54) is 11.9 Å². The Hall–Kier alpha value is -2.10. The van der Waals surface area contributed by atoms with Crippen LogP contribution < -0.4 is 11.1 Å². The van der Waals surface area contributed by atoms with Crippen molar-refractivity contribution in [2.24, 2.45) is 0 Å². The summed E-state index contributed by atoms with van der Waals surface area (Å²) in [6, 6.07) is 8.31. The molecular formula is C14H18N4. The van der Waals surface area contributed by atoms with E-state index in [0.717, 1.165) is 17.1 Å². The van der Waals surface area contributed by atoms with E-state index in [4.69, 9.17) is 5.73 Å². The summed E-state index contributed by atoms with van der Waals surface area (Å²) in [6.45, 7) is 6.25. The van der Waals surface area contributed by atoms with Crippen molar-refractivity contribution in [2.75, 3.05) is 11.1 Å². The van der Waals surface area contributed by atoms with Crippen molar-refractivity contribution < 1.29 is 0 Å². The maximum absolute atomic E-state index is 5.76. The lowest BCUT2D eigenvalue weighted by atomic mass is 10.0. The first kappa shape index (κ1) is 12.4. The first-order chi connectivity index (χ1) is 8.58. The molecule has 3 N–H and O–H groups in total. The second kappa shape index (κ2) is 5.04. The van der Waals surface area contributed by atoms with Gasteiger partial charge in [0.2, 0.25) is 0 Å². The van der Waals surface area contributed by atoms with Gasteiger partial charge in [-0.3, -0.25) is 0 Å². The van der Waals surface area contributed by atoms with Crippen LogP contribution in [-0.4, -0.2) is 9.97 Å². The summed E-state index contributed by atoms with van der Waals surface area (Å²) < 4.78 is 0. The monoisotopic (exact) mass is 242 g/mol. The normalized spacial score (nSPS) is 10.7. The van der Waals surface area contributed by atoms with E-state index in [-0.39, 0.29) is 0 Å². The number of benzene rings is 1. The molecule has 0 radical (unpaired) electrons. The number of hydrogen-bond donors (Lipinski definition) is 2. The molecule has 4 heteroatoms. The first-order valence-corrected chi connectivity index (χ1v) is 6.02. The second-order valence-corrected chi connectivity index (χ2v) is 4.64. The molecule has 0 bridgehead atoms. The summed E-state index contributed by atoms with van der Waals surface area (Å²) in [5, 5.41) is 3.28. The summed E-state index contributed by atoms with van der Waals surface area (Å²) in [6.07, 6.45) is 1.47. The average molecular weight is 242 g/mol. The van der Waals surface area contributed by atoms with Crippen LogP contribution in [0.15, 0.2) is 30.6 Å². The maximum atomic E-state index is 5.76. The standard InChI is InChI=1S/C14H18N4/c1-9(2)11-5-4-6-12(7-11)18-14-10(3)13(15)16-8-17-14/h4-9H,1-3H3,(H3,15,16,17,18). The van der Waals surface area contributed by atoms with Gasteiger partial charge in [0.25, 0.3) is 0 Å². The Kier molecular flexibility index (Phi) is 3.46. The molecule has 1 aromatic carbocycles. The summed E-state index contributed by atoms with van der Waals surface area (Å²) in [5.74, 6) is 1.76. The zero-order chi connectivity index (χ0) is 13.1. The molecule has 0 spiro atoms. The predicted octanol–water partition coefficient (Wildman–Crippen LogP) is 3.23. The smallest absolute Gasteiger partial charge is 0.138 e. The molecule has 0 saturated heterocycles. The minimum atomic E-state index is 0.503. The highest BCUT2D eigenvalue weighted by atomic mass is 15.0. The van der Waals surface area contributed by atoms with Crippen LogP contribution in [0.1, 0.15) is 30.9 Å². The highest BCUT2D eigenvalue weighted by Crippen LogP contribution is 2.23. The number of nitrogens with one attached hydrogen (secondary N) is 1. The molecule has 0 amide bonds. The number of nitrogen functional groups attached to an aromatic ring is 1.